The third kappa shape index (κ3) is 5.62. The second-order valence-corrected chi connectivity index (χ2v) is 5.89. The molecule has 0 atom stereocenters. The Balaban J connectivity index is 1.99. The normalized spacial score (nSPS) is 15.8. The molecule has 0 bridgehead atoms. The number of nitrogens with one attached hydrogen (secondary N) is 1. The van der Waals surface area contributed by atoms with Gasteiger partial charge >= 0.3 is 5.97 Å². The number of methoxy groups -OCH3 is 1. The fraction of sp³-hybridized carbons (Fsp3) is 0.611. The Labute approximate surface area is 149 Å². The summed E-state index contributed by atoms with van der Waals surface area (Å²) in [7, 11) is 1.45. The van der Waals surface area contributed by atoms with Crippen LogP contribution in [0.1, 0.15) is 32.3 Å². The van der Waals surface area contributed by atoms with Crippen LogP contribution in [-0.2, 0) is 16.1 Å². The minimum Gasteiger partial charge on any atom is -0.478 e. The third-order valence-corrected chi connectivity index (χ3v) is 4.17. The van der Waals surface area contributed by atoms with Gasteiger partial charge in [-0.15, -0.1) is 0 Å². The van der Waals surface area contributed by atoms with E-state index in [0.717, 1.165) is 44.0 Å². The second kappa shape index (κ2) is 9.86. The molecular formula is C18H28N4O3. The number of carbonyl (C=O) groups is 1. The number of ether oxygens (including phenoxy) is 2. The van der Waals surface area contributed by atoms with Crippen LogP contribution in [-0.4, -0.2) is 55.2 Å². The van der Waals surface area contributed by atoms with Crippen molar-refractivity contribution in [3.05, 3.63) is 23.9 Å². The molecule has 2 rings (SSSR count). The van der Waals surface area contributed by atoms with E-state index in [1.54, 1.807) is 6.20 Å². The summed E-state index contributed by atoms with van der Waals surface area (Å²) >= 11 is 0. The minimum atomic E-state index is -0.109. The second-order valence-electron chi connectivity index (χ2n) is 5.89. The van der Waals surface area contributed by atoms with Crippen molar-refractivity contribution in [2.75, 3.05) is 33.4 Å². The molecule has 1 aromatic heterocycles. The molecule has 0 aromatic carbocycles. The molecular weight excluding hydrogens is 320 g/mol. The van der Waals surface area contributed by atoms with Crippen molar-refractivity contribution in [1.82, 2.24) is 15.2 Å². The minimum absolute atomic E-state index is 0.00178. The van der Waals surface area contributed by atoms with Gasteiger partial charge < -0.3 is 19.7 Å². The van der Waals surface area contributed by atoms with Gasteiger partial charge in [0.2, 0.25) is 5.88 Å². The zero-order chi connectivity index (χ0) is 18.1. The predicted octanol–water partition coefficient (Wildman–Crippen LogP) is 1.83. The first-order chi connectivity index (χ1) is 12.2. The average molecular weight is 348 g/mol. The van der Waals surface area contributed by atoms with E-state index in [-0.39, 0.29) is 11.9 Å². The maximum absolute atomic E-state index is 11.7. The molecule has 0 spiro atoms. The van der Waals surface area contributed by atoms with Gasteiger partial charge in [0.1, 0.15) is 0 Å². The highest BCUT2D eigenvalue weighted by atomic mass is 16.5. The van der Waals surface area contributed by atoms with Crippen LogP contribution in [0, 0.1) is 5.92 Å². The number of carbonyl (C=O) groups excluding carboxylic acids is 1. The number of hydrogen-bond donors (Lipinski definition) is 1. The van der Waals surface area contributed by atoms with E-state index in [1.165, 1.54) is 7.11 Å². The van der Waals surface area contributed by atoms with Crippen LogP contribution < -0.4 is 10.1 Å². The Morgan fingerprint density at radius 2 is 2.16 bits per heavy atom. The lowest BCUT2D eigenvalue weighted by Gasteiger charge is -2.33. The Kier molecular flexibility index (Phi) is 7.50. The first-order valence-electron chi connectivity index (χ1n) is 8.86. The maximum atomic E-state index is 11.7. The zero-order valence-corrected chi connectivity index (χ0v) is 15.3. The Morgan fingerprint density at radius 1 is 1.40 bits per heavy atom. The van der Waals surface area contributed by atoms with Gasteiger partial charge in [-0.3, -0.25) is 4.79 Å². The van der Waals surface area contributed by atoms with Crippen molar-refractivity contribution < 1.29 is 14.3 Å². The van der Waals surface area contributed by atoms with Gasteiger partial charge in [0.15, 0.2) is 5.96 Å². The number of pyridine rings is 1. The van der Waals surface area contributed by atoms with Crippen molar-refractivity contribution in [2.45, 2.75) is 33.2 Å². The lowest BCUT2D eigenvalue weighted by atomic mass is 9.97. The van der Waals surface area contributed by atoms with Gasteiger partial charge in [-0.05, 0) is 38.3 Å². The molecule has 138 valence electrons. The van der Waals surface area contributed by atoms with Gasteiger partial charge in [-0.2, -0.15) is 0 Å². The number of piperidine rings is 1. The quantitative estimate of drug-likeness (QED) is 0.480. The number of esters is 1. The number of rotatable bonds is 6. The van der Waals surface area contributed by atoms with E-state index < -0.39 is 0 Å². The number of aromatic nitrogens is 1. The zero-order valence-electron chi connectivity index (χ0n) is 15.3. The SMILES string of the molecule is CCNC(=NCc1ccnc(OCC)c1)N1CCC(C(=O)OC)CC1. The summed E-state index contributed by atoms with van der Waals surface area (Å²) in [6, 6.07) is 3.86. The first-order valence-corrected chi connectivity index (χ1v) is 8.86. The van der Waals surface area contributed by atoms with E-state index >= 15 is 0 Å². The fourth-order valence-electron chi connectivity index (χ4n) is 2.86. The topological polar surface area (TPSA) is 76.1 Å². The number of hydrogen-bond acceptors (Lipinski definition) is 5. The molecule has 2 heterocycles. The monoisotopic (exact) mass is 348 g/mol. The molecule has 1 aliphatic rings. The van der Waals surface area contributed by atoms with Crippen LogP contribution >= 0.6 is 0 Å². The van der Waals surface area contributed by atoms with E-state index in [1.807, 2.05) is 19.1 Å². The van der Waals surface area contributed by atoms with Crippen molar-refractivity contribution in [1.29, 1.82) is 0 Å². The molecule has 25 heavy (non-hydrogen) atoms. The van der Waals surface area contributed by atoms with Crippen molar-refractivity contribution in [2.24, 2.45) is 10.9 Å². The fourth-order valence-corrected chi connectivity index (χ4v) is 2.86. The molecule has 1 aromatic rings. The molecule has 0 unspecified atom stereocenters. The highest BCUT2D eigenvalue weighted by Crippen LogP contribution is 2.19. The van der Waals surface area contributed by atoms with Crippen LogP contribution in [0.2, 0.25) is 0 Å². The van der Waals surface area contributed by atoms with Crippen molar-refractivity contribution in [3.8, 4) is 5.88 Å². The molecule has 1 aliphatic heterocycles. The summed E-state index contributed by atoms with van der Waals surface area (Å²) in [5, 5.41) is 3.33. The standard InChI is InChI=1S/C18H28N4O3/c1-4-19-18(22-10-7-15(8-11-22)17(23)24-3)21-13-14-6-9-20-16(12-14)25-5-2/h6,9,12,15H,4-5,7-8,10-11,13H2,1-3H3,(H,19,21). The van der Waals surface area contributed by atoms with E-state index in [4.69, 9.17) is 14.5 Å². The number of likely N-dealkylation sites (tertiary alicyclic amines) is 1. The summed E-state index contributed by atoms with van der Waals surface area (Å²) < 4.78 is 10.3. The molecule has 1 saturated heterocycles. The molecule has 7 nitrogen and oxygen atoms in total. The number of nitrogens with zero attached hydrogens (tertiary/aromatic N) is 3. The van der Waals surface area contributed by atoms with Crippen LogP contribution in [0.3, 0.4) is 0 Å². The highest BCUT2D eigenvalue weighted by molar-refractivity contribution is 5.80. The molecule has 0 radical (unpaired) electrons. The van der Waals surface area contributed by atoms with Gasteiger partial charge in [0.05, 0.1) is 26.2 Å². The third-order valence-electron chi connectivity index (χ3n) is 4.17. The summed E-state index contributed by atoms with van der Waals surface area (Å²) in [4.78, 5) is 22.8. The van der Waals surface area contributed by atoms with E-state index in [9.17, 15) is 4.79 Å². The first kappa shape index (κ1) is 19.0. The Hall–Kier alpha value is -2.31. The summed E-state index contributed by atoms with van der Waals surface area (Å²) in [6.45, 7) is 7.54. The van der Waals surface area contributed by atoms with Crippen LogP contribution in [0.5, 0.6) is 5.88 Å². The molecule has 0 saturated carbocycles. The average Bonchev–Trinajstić information content (AvgIpc) is 2.65. The maximum Gasteiger partial charge on any atom is 0.308 e. The van der Waals surface area contributed by atoms with Gasteiger partial charge in [0, 0.05) is 31.9 Å². The smallest absolute Gasteiger partial charge is 0.308 e. The molecule has 1 N–H and O–H groups in total. The summed E-state index contributed by atoms with van der Waals surface area (Å²) in [5.74, 6) is 1.39. The lowest BCUT2D eigenvalue weighted by molar-refractivity contribution is -0.146. The number of guanidine groups is 1. The Bertz CT molecular complexity index is 583. The molecule has 1 fully saturated rings. The summed E-state index contributed by atoms with van der Waals surface area (Å²) in [5.41, 5.74) is 1.05. The van der Waals surface area contributed by atoms with Gasteiger partial charge in [0.25, 0.3) is 0 Å². The Morgan fingerprint density at radius 3 is 2.80 bits per heavy atom. The largest absolute Gasteiger partial charge is 0.478 e. The summed E-state index contributed by atoms with van der Waals surface area (Å²) in [6.07, 6.45) is 3.33. The van der Waals surface area contributed by atoms with Gasteiger partial charge in [-0.1, -0.05) is 0 Å². The van der Waals surface area contributed by atoms with Crippen LogP contribution in [0.25, 0.3) is 0 Å². The van der Waals surface area contributed by atoms with Gasteiger partial charge in [-0.25, -0.2) is 9.98 Å². The predicted molar refractivity (Wildman–Crippen MR) is 96.5 cm³/mol. The highest BCUT2D eigenvalue weighted by Gasteiger charge is 2.26. The van der Waals surface area contributed by atoms with E-state index in [0.29, 0.717) is 19.0 Å². The molecule has 7 heteroatoms. The lowest BCUT2D eigenvalue weighted by Crippen LogP contribution is -2.46. The van der Waals surface area contributed by atoms with Crippen molar-refractivity contribution >= 4 is 11.9 Å². The van der Waals surface area contributed by atoms with E-state index in [2.05, 4.69) is 22.1 Å². The number of aliphatic imine (C=N–C) groups is 1. The van der Waals surface area contributed by atoms with Crippen molar-refractivity contribution in [3.63, 3.8) is 0 Å². The molecule has 0 aliphatic carbocycles. The van der Waals surface area contributed by atoms with Crippen LogP contribution in [0.15, 0.2) is 23.3 Å². The van der Waals surface area contributed by atoms with Crippen LogP contribution in [0.4, 0.5) is 0 Å². The molecule has 0 amide bonds.